The number of aromatic nitrogens is 3. The topological polar surface area (TPSA) is 68.1 Å². The van der Waals surface area contributed by atoms with Crippen LogP contribution in [-0.4, -0.2) is 46.6 Å². The number of hydrogen-bond acceptors (Lipinski definition) is 4. The van der Waals surface area contributed by atoms with E-state index in [9.17, 15) is 8.42 Å². The molecule has 7 heteroatoms. The van der Waals surface area contributed by atoms with Crippen LogP contribution in [0.3, 0.4) is 0 Å². The zero-order valence-corrected chi connectivity index (χ0v) is 15.8. The molecule has 0 aliphatic carbocycles. The summed E-state index contributed by atoms with van der Waals surface area (Å²) in [4.78, 5) is 0. The first-order valence-electron chi connectivity index (χ1n) is 9.11. The summed E-state index contributed by atoms with van der Waals surface area (Å²) in [6, 6.07) is 19.6. The van der Waals surface area contributed by atoms with E-state index in [1.165, 1.54) is 0 Å². The van der Waals surface area contributed by atoms with E-state index in [0.29, 0.717) is 19.5 Å². The van der Waals surface area contributed by atoms with Gasteiger partial charge in [-0.2, -0.15) is 4.31 Å². The van der Waals surface area contributed by atoms with Crippen molar-refractivity contribution in [3.05, 3.63) is 72.4 Å². The fourth-order valence-corrected chi connectivity index (χ4v) is 4.93. The van der Waals surface area contributed by atoms with Gasteiger partial charge in [-0.3, -0.25) is 0 Å². The Morgan fingerprint density at radius 3 is 2.44 bits per heavy atom. The van der Waals surface area contributed by atoms with E-state index in [1.807, 2.05) is 66.9 Å². The van der Waals surface area contributed by atoms with Gasteiger partial charge in [0.05, 0.1) is 18.0 Å². The Kier molecular flexibility index (Phi) is 5.05. The number of nitrogens with zero attached hydrogens (tertiary/aromatic N) is 4. The fraction of sp³-hybridized carbons (Fsp3) is 0.300. The lowest BCUT2D eigenvalue weighted by molar-refractivity contribution is 0.428. The Labute approximate surface area is 159 Å². The third-order valence-corrected chi connectivity index (χ3v) is 6.80. The summed E-state index contributed by atoms with van der Waals surface area (Å²) in [7, 11) is -3.27. The minimum atomic E-state index is -3.27. The van der Waals surface area contributed by atoms with Crippen molar-refractivity contribution in [1.29, 1.82) is 0 Å². The first-order valence-corrected chi connectivity index (χ1v) is 10.7. The molecule has 2 aromatic carbocycles. The molecule has 0 amide bonds. The molecule has 0 radical (unpaired) electrons. The smallest absolute Gasteiger partial charge is 0.214 e. The van der Waals surface area contributed by atoms with Gasteiger partial charge in [-0.15, -0.1) is 5.10 Å². The Morgan fingerprint density at radius 2 is 1.70 bits per heavy atom. The lowest BCUT2D eigenvalue weighted by atomic mass is 10.2. The van der Waals surface area contributed by atoms with E-state index in [2.05, 4.69) is 10.3 Å². The van der Waals surface area contributed by atoms with Crippen LogP contribution in [0.15, 0.2) is 66.9 Å². The van der Waals surface area contributed by atoms with Crippen LogP contribution in [0.2, 0.25) is 0 Å². The van der Waals surface area contributed by atoms with Gasteiger partial charge in [0.2, 0.25) is 10.0 Å². The zero-order chi connectivity index (χ0) is 18.7. The standard InChI is InChI=1S/C20H22N4O2S/c25-27(26,14-12-17-7-3-1-4-8-17)23-13-11-19(15-23)24-16-20(21-22-24)18-9-5-2-6-10-18/h1-10,16,19H,11-15H2. The number of benzene rings is 2. The molecular weight excluding hydrogens is 360 g/mol. The largest absolute Gasteiger partial charge is 0.247 e. The molecule has 1 fully saturated rings. The Balaban J connectivity index is 1.40. The summed E-state index contributed by atoms with van der Waals surface area (Å²) in [5, 5.41) is 8.47. The van der Waals surface area contributed by atoms with Gasteiger partial charge in [-0.25, -0.2) is 13.1 Å². The first kappa shape index (κ1) is 17.9. The van der Waals surface area contributed by atoms with Crippen molar-refractivity contribution in [2.75, 3.05) is 18.8 Å². The van der Waals surface area contributed by atoms with E-state index in [-0.39, 0.29) is 11.8 Å². The number of sulfonamides is 1. The van der Waals surface area contributed by atoms with Crippen LogP contribution in [-0.2, 0) is 16.4 Å². The zero-order valence-electron chi connectivity index (χ0n) is 15.0. The van der Waals surface area contributed by atoms with Crippen molar-refractivity contribution in [2.45, 2.75) is 18.9 Å². The van der Waals surface area contributed by atoms with Crippen molar-refractivity contribution < 1.29 is 8.42 Å². The molecule has 1 unspecified atom stereocenters. The highest BCUT2D eigenvalue weighted by molar-refractivity contribution is 7.89. The van der Waals surface area contributed by atoms with E-state index in [1.54, 1.807) is 8.99 Å². The Hall–Kier alpha value is -2.51. The van der Waals surface area contributed by atoms with Crippen LogP contribution in [0.1, 0.15) is 18.0 Å². The van der Waals surface area contributed by atoms with Crippen molar-refractivity contribution >= 4 is 10.0 Å². The van der Waals surface area contributed by atoms with Gasteiger partial charge in [0, 0.05) is 18.7 Å². The number of hydrogen-bond donors (Lipinski definition) is 0. The molecule has 0 spiro atoms. The summed E-state index contributed by atoms with van der Waals surface area (Å²) in [5.74, 6) is 0.135. The number of aryl methyl sites for hydroxylation is 1. The van der Waals surface area contributed by atoms with Crippen molar-refractivity contribution in [2.24, 2.45) is 0 Å². The van der Waals surface area contributed by atoms with Crippen molar-refractivity contribution in [1.82, 2.24) is 19.3 Å². The molecule has 6 nitrogen and oxygen atoms in total. The summed E-state index contributed by atoms with van der Waals surface area (Å²) in [6.07, 6.45) is 3.19. The summed E-state index contributed by atoms with van der Waals surface area (Å²) >= 11 is 0. The lowest BCUT2D eigenvalue weighted by Gasteiger charge is -2.16. The third kappa shape index (κ3) is 4.09. The van der Waals surface area contributed by atoms with Gasteiger partial charge < -0.3 is 0 Å². The Bertz CT molecular complexity index is 987. The second-order valence-electron chi connectivity index (χ2n) is 6.80. The molecule has 140 valence electrons. The molecular formula is C20H22N4O2S. The maximum Gasteiger partial charge on any atom is 0.214 e. The summed E-state index contributed by atoms with van der Waals surface area (Å²) in [6.45, 7) is 0.983. The van der Waals surface area contributed by atoms with Gasteiger partial charge >= 0.3 is 0 Å². The lowest BCUT2D eigenvalue weighted by Crippen LogP contribution is -2.32. The Morgan fingerprint density at radius 1 is 1.00 bits per heavy atom. The van der Waals surface area contributed by atoms with E-state index in [4.69, 9.17) is 0 Å². The van der Waals surface area contributed by atoms with Gasteiger partial charge in [-0.1, -0.05) is 65.9 Å². The van der Waals surface area contributed by atoms with Gasteiger partial charge in [0.15, 0.2) is 0 Å². The highest BCUT2D eigenvalue weighted by Gasteiger charge is 2.32. The van der Waals surface area contributed by atoms with Crippen LogP contribution < -0.4 is 0 Å². The second-order valence-corrected chi connectivity index (χ2v) is 8.89. The predicted molar refractivity (Wildman–Crippen MR) is 105 cm³/mol. The van der Waals surface area contributed by atoms with Crippen molar-refractivity contribution in [3.63, 3.8) is 0 Å². The maximum absolute atomic E-state index is 12.7. The highest BCUT2D eigenvalue weighted by atomic mass is 32.2. The summed E-state index contributed by atoms with van der Waals surface area (Å²) < 4.78 is 28.8. The van der Waals surface area contributed by atoms with Gasteiger partial charge in [0.1, 0.15) is 5.69 Å². The molecule has 1 aromatic heterocycles. The molecule has 1 atom stereocenters. The molecule has 0 bridgehead atoms. The first-order chi connectivity index (χ1) is 13.1. The normalized spacial score (nSPS) is 18.0. The molecule has 27 heavy (non-hydrogen) atoms. The van der Waals surface area contributed by atoms with Crippen LogP contribution in [0, 0.1) is 0 Å². The predicted octanol–water partition coefficient (Wildman–Crippen LogP) is 2.76. The van der Waals surface area contributed by atoms with Gasteiger partial charge in [0.25, 0.3) is 0 Å². The molecule has 4 rings (SSSR count). The van der Waals surface area contributed by atoms with E-state index in [0.717, 1.165) is 23.2 Å². The molecule has 0 N–H and O–H groups in total. The fourth-order valence-electron chi connectivity index (χ4n) is 3.40. The highest BCUT2D eigenvalue weighted by Crippen LogP contribution is 2.25. The van der Waals surface area contributed by atoms with E-state index < -0.39 is 10.0 Å². The molecule has 3 aromatic rings. The monoisotopic (exact) mass is 382 g/mol. The maximum atomic E-state index is 12.7. The molecule has 1 saturated heterocycles. The van der Waals surface area contributed by atoms with Crippen LogP contribution in [0.5, 0.6) is 0 Å². The SMILES string of the molecule is O=S(=O)(CCc1ccccc1)N1CCC(n2cc(-c3ccccc3)nn2)C1. The molecule has 1 aliphatic rings. The molecule has 0 saturated carbocycles. The minimum absolute atomic E-state index is 0.0291. The van der Waals surface area contributed by atoms with Gasteiger partial charge in [-0.05, 0) is 18.4 Å². The third-order valence-electron chi connectivity index (χ3n) is 4.96. The average molecular weight is 382 g/mol. The number of rotatable bonds is 6. The quantitative estimate of drug-likeness (QED) is 0.657. The average Bonchev–Trinajstić information content (AvgIpc) is 3.38. The molecule has 1 aliphatic heterocycles. The summed E-state index contributed by atoms with van der Waals surface area (Å²) in [5.41, 5.74) is 2.86. The van der Waals surface area contributed by atoms with Crippen LogP contribution in [0.25, 0.3) is 11.3 Å². The minimum Gasteiger partial charge on any atom is -0.247 e. The molecule has 2 heterocycles. The van der Waals surface area contributed by atoms with E-state index >= 15 is 0 Å². The van der Waals surface area contributed by atoms with Crippen LogP contribution >= 0.6 is 0 Å². The van der Waals surface area contributed by atoms with Crippen LogP contribution in [0.4, 0.5) is 0 Å². The van der Waals surface area contributed by atoms with Crippen molar-refractivity contribution in [3.8, 4) is 11.3 Å². The second kappa shape index (κ2) is 7.62.